The first-order chi connectivity index (χ1) is 9.88. The summed E-state index contributed by atoms with van der Waals surface area (Å²) in [5.41, 5.74) is 0.922. The number of aliphatic carboxylic acids is 1. The van der Waals surface area contributed by atoms with Crippen LogP contribution in [0.2, 0.25) is 0 Å². The molecule has 1 rings (SSSR count). The first-order valence-corrected chi connectivity index (χ1v) is 7.88. The van der Waals surface area contributed by atoms with Crippen molar-refractivity contribution in [1.82, 2.24) is 5.32 Å². The van der Waals surface area contributed by atoms with E-state index in [0.717, 1.165) is 5.56 Å². The number of carboxylic acid groups (broad SMARTS) is 1. The number of carboxylic acids is 1. The first kappa shape index (κ1) is 17.5. The van der Waals surface area contributed by atoms with E-state index in [1.165, 1.54) is 23.9 Å². The minimum absolute atomic E-state index is 0.180. The molecule has 0 radical (unpaired) electrons. The minimum atomic E-state index is -1.01. The predicted octanol–water partition coefficient (Wildman–Crippen LogP) is 2.67. The van der Waals surface area contributed by atoms with Crippen LogP contribution in [0.5, 0.6) is 0 Å². The van der Waals surface area contributed by atoms with Crippen LogP contribution in [-0.2, 0) is 15.3 Å². The molecule has 0 aliphatic heterocycles. The number of hydrogen-bond acceptors (Lipinski definition) is 3. The molecule has 4 nitrogen and oxygen atoms in total. The van der Waals surface area contributed by atoms with Gasteiger partial charge in [-0.1, -0.05) is 26.0 Å². The minimum Gasteiger partial charge on any atom is -0.480 e. The van der Waals surface area contributed by atoms with Crippen molar-refractivity contribution in [1.29, 1.82) is 0 Å². The topological polar surface area (TPSA) is 66.4 Å². The van der Waals surface area contributed by atoms with Gasteiger partial charge in [-0.25, -0.2) is 9.18 Å². The maximum absolute atomic E-state index is 12.7. The zero-order chi connectivity index (χ0) is 15.8. The van der Waals surface area contributed by atoms with E-state index >= 15 is 0 Å². The van der Waals surface area contributed by atoms with E-state index in [9.17, 15) is 14.0 Å². The molecule has 2 N–H and O–H groups in total. The summed E-state index contributed by atoms with van der Waals surface area (Å²) in [6.07, 6.45) is 0.406. The molecule has 0 spiro atoms. The third-order valence-electron chi connectivity index (χ3n) is 2.76. The Bertz CT molecular complexity index is 476. The Morgan fingerprint density at radius 3 is 2.43 bits per heavy atom. The van der Waals surface area contributed by atoms with E-state index in [1.54, 1.807) is 12.1 Å². The largest absolute Gasteiger partial charge is 0.480 e. The van der Waals surface area contributed by atoms with E-state index in [4.69, 9.17) is 5.11 Å². The van der Waals surface area contributed by atoms with Gasteiger partial charge in [0.2, 0.25) is 5.91 Å². The van der Waals surface area contributed by atoms with Crippen LogP contribution >= 0.6 is 11.8 Å². The van der Waals surface area contributed by atoms with Crippen LogP contribution in [0.4, 0.5) is 4.39 Å². The molecule has 1 atom stereocenters. The number of rotatable bonds is 8. The van der Waals surface area contributed by atoms with Gasteiger partial charge in [0.15, 0.2) is 0 Å². The molecule has 116 valence electrons. The maximum atomic E-state index is 12.7. The number of carbonyl (C=O) groups excluding carboxylic acids is 1. The lowest BCUT2D eigenvalue weighted by molar-refractivity contribution is -0.141. The number of carbonyl (C=O) groups is 2. The lowest BCUT2D eigenvalue weighted by Crippen LogP contribution is -2.42. The number of amides is 1. The van der Waals surface area contributed by atoms with Crippen LogP contribution in [0, 0.1) is 11.7 Å². The van der Waals surface area contributed by atoms with Gasteiger partial charge in [0.25, 0.3) is 0 Å². The summed E-state index contributed by atoms with van der Waals surface area (Å²) in [6, 6.07) is 5.24. The van der Waals surface area contributed by atoms with Gasteiger partial charge in [-0.15, -0.1) is 11.8 Å². The summed E-state index contributed by atoms with van der Waals surface area (Å²) in [4.78, 5) is 22.8. The summed E-state index contributed by atoms with van der Waals surface area (Å²) in [7, 11) is 0. The maximum Gasteiger partial charge on any atom is 0.326 e. The number of hydrogen-bond donors (Lipinski definition) is 2. The van der Waals surface area contributed by atoms with E-state index in [1.807, 2.05) is 13.8 Å². The zero-order valence-electron chi connectivity index (χ0n) is 12.1. The lowest BCUT2D eigenvalue weighted by Gasteiger charge is -2.16. The van der Waals surface area contributed by atoms with Gasteiger partial charge in [-0.05, 0) is 30.0 Å². The van der Waals surface area contributed by atoms with Crippen LogP contribution in [0.1, 0.15) is 25.8 Å². The van der Waals surface area contributed by atoms with Crippen molar-refractivity contribution in [3.05, 3.63) is 35.6 Å². The van der Waals surface area contributed by atoms with Gasteiger partial charge in [0.05, 0.1) is 5.75 Å². The third-order valence-corrected chi connectivity index (χ3v) is 3.76. The van der Waals surface area contributed by atoms with Gasteiger partial charge in [-0.2, -0.15) is 0 Å². The van der Waals surface area contributed by atoms with Crippen LogP contribution in [-0.4, -0.2) is 28.8 Å². The quantitative estimate of drug-likeness (QED) is 0.774. The van der Waals surface area contributed by atoms with Crippen LogP contribution < -0.4 is 5.32 Å². The molecule has 0 saturated carbocycles. The van der Waals surface area contributed by atoms with Crippen LogP contribution in [0.15, 0.2) is 24.3 Å². The molecule has 0 saturated heterocycles. The SMILES string of the molecule is CC(C)CC(NC(=O)CSCc1ccc(F)cc1)C(=O)O. The van der Waals surface area contributed by atoms with E-state index in [0.29, 0.717) is 12.2 Å². The third kappa shape index (κ3) is 7.13. The molecule has 1 amide bonds. The van der Waals surface area contributed by atoms with Crippen molar-refractivity contribution >= 4 is 23.6 Å². The molecular formula is C15H20FNO3S. The summed E-state index contributed by atoms with van der Waals surface area (Å²) < 4.78 is 12.7. The smallest absolute Gasteiger partial charge is 0.326 e. The molecule has 0 aromatic heterocycles. The lowest BCUT2D eigenvalue weighted by atomic mass is 10.0. The predicted molar refractivity (Wildman–Crippen MR) is 81.6 cm³/mol. The Labute approximate surface area is 128 Å². The molecule has 1 aromatic rings. The molecule has 0 bridgehead atoms. The van der Waals surface area contributed by atoms with E-state index < -0.39 is 12.0 Å². The summed E-state index contributed by atoms with van der Waals surface area (Å²) in [5.74, 6) is -0.650. The average Bonchev–Trinajstić information content (AvgIpc) is 2.39. The summed E-state index contributed by atoms with van der Waals surface area (Å²) >= 11 is 1.37. The standard InChI is InChI=1S/C15H20FNO3S/c1-10(2)7-13(15(19)20)17-14(18)9-21-8-11-3-5-12(16)6-4-11/h3-6,10,13H,7-9H2,1-2H3,(H,17,18)(H,19,20). The van der Waals surface area contributed by atoms with Gasteiger partial charge in [0.1, 0.15) is 11.9 Å². The number of nitrogens with one attached hydrogen (secondary N) is 1. The van der Waals surface area contributed by atoms with Crippen molar-refractivity contribution in [3.8, 4) is 0 Å². The normalized spacial score (nSPS) is 12.2. The van der Waals surface area contributed by atoms with Gasteiger partial charge in [0, 0.05) is 5.75 Å². The Balaban J connectivity index is 2.35. The van der Waals surface area contributed by atoms with Gasteiger partial charge < -0.3 is 10.4 Å². The van der Waals surface area contributed by atoms with Crippen molar-refractivity contribution in [2.75, 3.05) is 5.75 Å². The summed E-state index contributed by atoms with van der Waals surface area (Å²) in [5, 5.41) is 11.6. The molecule has 0 fully saturated rings. The molecule has 21 heavy (non-hydrogen) atoms. The van der Waals surface area contributed by atoms with Gasteiger partial charge in [-0.3, -0.25) is 4.79 Å². The Hall–Kier alpha value is -1.56. The number of halogens is 1. The Kier molecular flexibility index (Phi) is 7.22. The monoisotopic (exact) mass is 313 g/mol. The molecule has 1 aromatic carbocycles. The highest BCUT2D eigenvalue weighted by molar-refractivity contribution is 7.99. The zero-order valence-corrected chi connectivity index (χ0v) is 13.0. The fourth-order valence-electron chi connectivity index (χ4n) is 1.77. The van der Waals surface area contributed by atoms with Crippen LogP contribution in [0.3, 0.4) is 0 Å². The average molecular weight is 313 g/mol. The van der Waals surface area contributed by atoms with Gasteiger partial charge >= 0.3 is 5.97 Å². The van der Waals surface area contributed by atoms with Crippen molar-refractivity contribution < 1.29 is 19.1 Å². The highest BCUT2D eigenvalue weighted by Gasteiger charge is 2.20. The van der Waals surface area contributed by atoms with Crippen molar-refractivity contribution in [3.63, 3.8) is 0 Å². The van der Waals surface area contributed by atoms with Crippen LogP contribution in [0.25, 0.3) is 0 Å². The molecule has 1 unspecified atom stereocenters. The summed E-state index contributed by atoms with van der Waals surface area (Å²) in [6.45, 7) is 3.82. The van der Waals surface area contributed by atoms with E-state index in [-0.39, 0.29) is 23.4 Å². The molecule has 6 heteroatoms. The highest BCUT2D eigenvalue weighted by atomic mass is 32.2. The fourth-order valence-corrected chi connectivity index (χ4v) is 2.57. The van der Waals surface area contributed by atoms with Crippen molar-refractivity contribution in [2.24, 2.45) is 5.92 Å². The second kappa shape index (κ2) is 8.67. The first-order valence-electron chi connectivity index (χ1n) is 6.73. The molecule has 0 aliphatic rings. The number of benzene rings is 1. The fraction of sp³-hybridized carbons (Fsp3) is 0.467. The molecule has 0 aliphatic carbocycles. The Morgan fingerprint density at radius 2 is 1.90 bits per heavy atom. The molecule has 0 heterocycles. The second-order valence-corrected chi connectivity index (χ2v) is 6.19. The van der Waals surface area contributed by atoms with E-state index in [2.05, 4.69) is 5.32 Å². The number of thioether (sulfide) groups is 1. The second-order valence-electron chi connectivity index (χ2n) is 5.21. The van der Waals surface area contributed by atoms with Crippen molar-refractivity contribution in [2.45, 2.75) is 32.1 Å². The highest BCUT2D eigenvalue weighted by Crippen LogP contribution is 2.13. The molecular weight excluding hydrogens is 293 g/mol. The Morgan fingerprint density at radius 1 is 1.29 bits per heavy atom.